The topological polar surface area (TPSA) is 15.3 Å². The van der Waals surface area contributed by atoms with Crippen LogP contribution in [0.2, 0.25) is 0 Å². The third-order valence-electron chi connectivity index (χ3n) is 4.40. The zero-order valence-electron chi connectivity index (χ0n) is 12.0. The van der Waals surface area contributed by atoms with Crippen molar-refractivity contribution >= 4 is 0 Å². The van der Waals surface area contributed by atoms with Crippen molar-refractivity contribution in [2.75, 3.05) is 13.6 Å². The summed E-state index contributed by atoms with van der Waals surface area (Å²) in [6.07, 6.45) is 4.06. The van der Waals surface area contributed by atoms with Crippen molar-refractivity contribution in [1.82, 2.24) is 10.2 Å². The third kappa shape index (κ3) is 4.06. The molecule has 0 saturated heterocycles. The first kappa shape index (κ1) is 14.0. The van der Waals surface area contributed by atoms with Crippen LogP contribution in [-0.4, -0.2) is 36.1 Å². The van der Waals surface area contributed by atoms with Crippen molar-refractivity contribution in [3.63, 3.8) is 0 Å². The van der Waals surface area contributed by atoms with Crippen LogP contribution in [0.15, 0.2) is 0 Å². The van der Waals surface area contributed by atoms with E-state index < -0.39 is 0 Å². The molecule has 2 heteroatoms. The maximum absolute atomic E-state index is 3.66. The summed E-state index contributed by atoms with van der Waals surface area (Å²) in [7, 11) is 2.27. The van der Waals surface area contributed by atoms with Gasteiger partial charge in [0.1, 0.15) is 0 Å². The zero-order valence-corrected chi connectivity index (χ0v) is 12.0. The van der Waals surface area contributed by atoms with Crippen molar-refractivity contribution in [2.24, 2.45) is 5.92 Å². The Kier molecular flexibility index (Phi) is 4.81. The van der Waals surface area contributed by atoms with Gasteiger partial charge in [0.2, 0.25) is 0 Å². The van der Waals surface area contributed by atoms with Gasteiger partial charge in [0.05, 0.1) is 0 Å². The van der Waals surface area contributed by atoms with Crippen molar-refractivity contribution in [2.45, 2.75) is 71.5 Å². The molecule has 0 aromatic rings. The van der Waals surface area contributed by atoms with Gasteiger partial charge < -0.3 is 5.32 Å². The Labute approximate surface area is 102 Å². The van der Waals surface area contributed by atoms with Crippen molar-refractivity contribution in [1.29, 1.82) is 0 Å². The zero-order chi connectivity index (χ0) is 12.3. The molecule has 0 spiro atoms. The lowest BCUT2D eigenvalue weighted by atomic mass is 10.0. The fraction of sp³-hybridized carbons (Fsp3) is 1.00. The molecular formula is C14H30N2. The largest absolute Gasteiger partial charge is 0.310 e. The van der Waals surface area contributed by atoms with Crippen LogP contribution < -0.4 is 5.32 Å². The second kappa shape index (κ2) is 5.50. The van der Waals surface area contributed by atoms with Gasteiger partial charge in [0, 0.05) is 24.2 Å². The minimum absolute atomic E-state index is 0.276. The number of likely N-dealkylation sites (N-methyl/N-ethyl adjacent to an activating group) is 1. The van der Waals surface area contributed by atoms with Gasteiger partial charge in [-0.2, -0.15) is 0 Å². The molecule has 0 aromatic carbocycles. The van der Waals surface area contributed by atoms with E-state index in [1.54, 1.807) is 0 Å². The Morgan fingerprint density at radius 3 is 2.31 bits per heavy atom. The van der Waals surface area contributed by atoms with Crippen LogP contribution in [0.1, 0.15) is 53.9 Å². The minimum atomic E-state index is 0.276. The van der Waals surface area contributed by atoms with Gasteiger partial charge in [-0.3, -0.25) is 4.90 Å². The van der Waals surface area contributed by atoms with E-state index >= 15 is 0 Å². The van der Waals surface area contributed by atoms with E-state index in [2.05, 4.69) is 51.9 Å². The summed E-state index contributed by atoms with van der Waals surface area (Å²) in [6, 6.07) is 1.38. The highest BCUT2D eigenvalue weighted by molar-refractivity contribution is 4.87. The number of nitrogens with zero attached hydrogens (tertiary/aromatic N) is 1. The first-order valence-electron chi connectivity index (χ1n) is 6.84. The molecule has 1 saturated carbocycles. The Morgan fingerprint density at radius 1 is 1.31 bits per heavy atom. The smallest absolute Gasteiger partial charge is 0.0192 e. The van der Waals surface area contributed by atoms with E-state index in [-0.39, 0.29) is 5.54 Å². The first-order valence-corrected chi connectivity index (χ1v) is 6.84. The number of nitrogens with one attached hydrogen (secondary N) is 1. The summed E-state index contributed by atoms with van der Waals surface area (Å²) in [5, 5.41) is 3.66. The number of hydrogen-bond donors (Lipinski definition) is 1. The second-order valence-corrected chi connectivity index (χ2v) is 6.21. The molecule has 0 amide bonds. The lowest BCUT2D eigenvalue weighted by Crippen LogP contribution is -2.48. The summed E-state index contributed by atoms with van der Waals surface area (Å²) in [4.78, 5) is 2.54. The highest BCUT2D eigenvalue weighted by Crippen LogP contribution is 2.35. The van der Waals surface area contributed by atoms with Gasteiger partial charge in [-0.15, -0.1) is 0 Å². The summed E-state index contributed by atoms with van der Waals surface area (Å²) in [5.74, 6) is 0.964. The summed E-state index contributed by atoms with van der Waals surface area (Å²) in [6.45, 7) is 12.6. The fourth-order valence-electron chi connectivity index (χ4n) is 2.01. The van der Waals surface area contributed by atoms with E-state index in [9.17, 15) is 0 Å². The highest BCUT2D eigenvalue weighted by atomic mass is 15.2. The number of hydrogen-bond acceptors (Lipinski definition) is 2. The van der Waals surface area contributed by atoms with Crippen LogP contribution in [0.4, 0.5) is 0 Å². The molecule has 0 radical (unpaired) electrons. The van der Waals surface area contributed by atoms with Crippen LogP contribution in [-0.2, 0) is 0 Å². The normalized spacial score (nSPS) is 21.2. The van der Waals surface area contributed by atoms with Crippen LogP contribution in [0.5, 0.6) is 0 Å². The molecule has 1 fully saturated rings. The molecule has 16 heavy (non-hydrogen) atoms. The molecule has 1 N–H and O–H groups in total. The fourth-order valence-corrected chi connectivity index (χ4v) is 2.01. The van der Waals surface area contributed by atoms with E-state index in [0.717, 1.165) is 18.5 Å². The van der Waals surface area contributed by atoms with Gasteiger partial charge in [-0.05, 0) is 59.9 Å². The summed E-state index contributed by atoms with van der Waals surface area (Å²) in [5.41, 5.74) is 0.276. The predicted octanol–water partition coefficient (Wildman–Crippen LogP) is 2.88. The molecule has 0 heterocycles. The lowest BCUT2D eigenvalue weighted by Gasteiger charge is -2.34. The lowest BCUT2D eigenvalue weighted by molar-refractivity contribution is 0.165. The molecule has 0 bridgehead atoms. The van der Waals surface area contributed by atoms with Crippen LogP contribution in [0.25, 0.3) is 0 Å². The monoisotopic (exact) mass is 226 g/mol. The molecule has 1 aliphatic rings. The van der Waals surface area contributed by atoms with Crippen LogP contribution in [0.3, 0.4) is 0 Å². The van der Waals surface area contributed by atoms with E-state index in [1.165, 1.54) is 19.3 Å². The molecule has 1 rings (SSSR count). The van der Waals surface area contributed by atoms with Crippen LogP contribution >= 0.6 is 0 Å². The molecule has 2 nitrogen and oxygen atoms in total. The van der Waals surface area contributed by atoms with Gasteiger partial charge in [-0.1, -0.05) is 6.92 Å². The Hall–Kier alpha value is -0.0800. The molecule has 96 valence electrons. The maximum Gasteiger partial charge on any atom is 0.0192 e. The molecule has 0 aliphatic heterocycles. The van der Waals surface area contributed by atoms with E-state index in [1.807, 2.05) is 0 Å². The molecular weight excluding hydrogens is 196 g/mol. The Morgan fingerprint density at radius 2 is 1.88 bits per heavy atom. The third-order valence-corrected chi connectivity index (χ3v) is 4.40. The van der Waals surface area contributed by atoms with Crippen LogP contribution in [0, 0.1) is 5.92 Å². The highest BCUT2D eigenvalue weighted by Gasteiger charge is 2.32. The first-order chi connectivity index (χ1) is 7.37. The maximum atomic E-state index is 3.66. The molecule has 0 aromatic heterocycles. The molecule has 2 atom stereocenters. The standard InChI is InChI=1S/C14H30N2/c1-7-14(4,5)15-10-11(2)16(6)12(3)13-8-9-13/h11-13,15H,7-10H2,1-6H3. The minimum Gasteiger partial charge on any atom is -0.310 e. The predicted molar refractivity (Wildman–Crippen MR) is 71.8 cm³/mol. The molecule has 2 unspecified atom stereocenters. The average Bonchev–Trinajstić information content (AvgIpc) is 3.07. The van der Waals surface area contributed by atoms with Gasteiger partial charge in [-0.25, -0.2) is 0 Å². The summed E-state index contributed by atoms with van der Waals surface area (Å²) < 4.78 is 0. The van der Waals surface area contributed by atoms with E-state index in [0.29, 0.717) is 6.04 Å². The van der Waals surface area contributed by atoms with Gasteiger partial charge in [0.25, 0.3) is 0 Å². The summed E-state index contributed by atoms with van der Waals surface area (Å²) >= 11 is 0. The Balaban J connectivity index is 2.30. The average molecular weight is 226 g/mol. The Bertz CT molecular complexity index is 209. The van der Waals surface area contributed by atoms with Gasteiger partial charge in [0.15, 0.2) is 0 Å². The van der Waals surface area contributed by atoms with Crippen molar-refractivity contribution < 1.29 is 0 Å². The SMILES string of the molecule is CCC(C)(C)NCC(C)N(C)C(C)C1CC1. The number of rotatable bonds is 7. The van der Waals surface area contributed by atoms with Crippen molar-refractivity contribution in [3.8, 4) is 0 Å². The quantitative estimate of drug-likeness (QED) is 0.718. The van der Waals surface area contributed by atoms with E-state index in [4.69, 9.17) is 0 Å². The molecule has 1 aliphatic carbocycles. The van der Waals surface area contributed by atoms with Crippen molar-refractivity contribution in [3.05, 3.63) is 0 Å². The second-order valence-electron chi connectivity index (χ2n) is 6.21. The van der Waals surface area contributed by atoms with Gasteiger partial charge >= 0.3 is 0 Å².